The van der Waals surface area contributed by atoms with Gasteiger partial charge in [-0.1, -0.05) is 17.4 Å². The predicted molar refractivity (Wildman–Crippen MR) is 58.7 cm³/mol. The minimum atomic E-state index is 0.0245. The van der Waals surface area contributed by atoms with Gasteiger partial charge in [0.1, 0.15) is 0 Å². The first kappa shape index (κ1) is 9.30. The first-order chi connectivity index (χ1) is 6.76. The minimum Gasteiger partial charge on any atom is -0.487 e. The zero-order valence-electron chi connectivity index (χ0n) is 7.78. The second-order valence-electron chi connectivity index (χ2n) is 2.98. The third-order valence-corrected chi connectivity index (χ3v) is 3.30. The number of fused-ring (bicyclic) bond motifs is 1. The van der Waals surface area contributed by atoms with Crippen LogP contribution in [0.25, 0.3) is 10.1 Å². The molecule has 1 aromatic heterocycles. The highest BCUT2D eigenvalue weighted by molar-refractivity contribution is 7.21. The number of aliphatic hydroxyl groups is 1. The number of ether oxygens (including phenoxy) is 1. The fourth-order valence-electron chi connectivity index (χ4n) is 1.42. The van der Waals surface area contributed by atoms with E-state index in [4.69, 9.17) is 15.6 Å². The van der Waals surface area contributed by atoms with Crippen molar-refractivity contribution in [1.82, 2.24) is 0 Å². The van der Waals surface area contributed by atoms with Crippen LogP contribution in [0.2, 0.25) is 0 Å². The number of anilines is 1. The summed E-state index contributed by atoms with van der Waals surface area (Å²) in [6.45, 7) is 0.0245. The minimum absolute atomic E-state index is 0.0245. The lowest BCUT2D eigenvalue weighted by atomic mass is 10.1. The molecule has 4 heteroatoms. The summed E-state index contributed by atoms with van der Waals surface area (Å²) >= 11 is 1.50. The number of hydrogen-bond donors (Lipinski definition) is 2. The van der Waals surface area contributed by atoms with Crippen LogP contribution in [0.5, 0.6) is 5.06 Å². The molecule has 0 atom stereocenters. The van der Waals surface area contributed by atoms with E-state index in [9.17, 15) is 0 Å². The van der Waals surface area contributed by atoms with Crippen LogP contribution in [-0.4, -0.2) is 12.2 Å². The first-order valence-electron chi connectivity index (χ1n) is 4.22. The van der Waals surface area contributed by atoms with Gasteiger partial charge in [-0.25, -0.2) is 0 Å². The Morgan fingerprint density at radius 1 is 1.50 bits per heavy atom. The summed E-state index contributed by atoms with van der Waals surface area (Å²) in [4.78, 5) is 0. The van der Waals surface area contributed by atoms with Crippen molar-refractivity contribution >= 4 is 27.1 Å². The molecule has 1 aromatic carbocycles. The molecule has 0 unspecified atom stereocenters. The van der Waals surface area contributed by atoms with Gasteiger partial charge in [0.2, 0.25) is 0 Å². The highest BCUT2D eigenvalue weighted by Gasteiger charge is 2.08. The summed E-state index contributed by atoms with van der Waals surface area (Å²) < 4.78 is 6.11. The summed E-state index contributed by atoms with van der Waals surface area (Å²) in [5.41, 5.74) is 7.43. The maximum atomic E-state index is 9.13. The second kappa shape index (κ2) is 3.48. The fourth-order valence-corrected chi connectivity index (χ4v) is 2.36. The largest absolute Gasteiger partial charge is 0.487 e. The van der Waals surface area contributed by atoms with E-state index < -0.39 is 0 Å². The number of nitrogens with two attached hydrogens (primary N) is 1. The van der Waals surface area contributed by atoms with Crippen LogP contribution in [0.3, 0.4) is 0 Å². The lowest BCUT2D eigenvalue weighted by molar-refractivity contribution is 0.283. The predicted octanol–water partition coefficient (Wildman–Crippen LogP) is 1.98. The lowest BCUT2D eigenvalue weighted by Gasteiger charge is -2.00. The molecule has 0 bridgehead atoms. The molecule has 1 heterocycles. The van der Waals surface area contributed by atoms with Gasteiger partial charge in [0.05, 0.1) is 18.4 Å². The molecule has 3 nitrogen and oxygen atoms in total. The van der Waals surface area contributed by atoms with E-state index in [2.05, 4.69) is 0 Å². The molecule has 0 fully saturated rings. The number of methoxy groups -OCH3 is 1. The molecule has 0 spiro atoms. The Morgan fingerprint density at radius 2 is 2.29 bits per heavy atom. The van der Waals surface area contributed by atoms with Crippen LogP contribution >= 0.6 is 11.3 Å². The summed E-state index contributed by atoms with van der Waals surface area (Å²) in [6, 6.07) is 5.55. The van der Waals surface area contributed by atoms with Crippen LogP contribution in [0.1, 0.15) is 5.56 Å². The molecule has 0 aliphatic heterocycles. The van der Waals surface area contributed by atoms with Crippen molar-refractivity contribution in [2.24, 2.45) is 0 Å². The average molecular weight is 209 g/mol. The molecular formula is C10H11NO2S. The van der Waals surface area contributed by atoms with E-state index in [0.29, 0.717) is 0 Å². The standard InChI is InChI=1S/C10H11NO2S/c1-13-9-4-7-6(5-12)2-3-8(11)10(7)14-9/h2-4,12H,5,11H2,1H3. The van der Waals surface area contributed by atoms with Gasteiger partial charge in [-0.05, 0) is 17.7 Å². The third-order valence-electron chi connectivity index (χ3n) is 2.15. The molecule has 0 saturated carbocycles. The molecule has 3 N–H and O–H groups in total. The first-order valence-corrected chi connectivity index (χ1v) is 5.03. The van der Waals surface area contributed by atoms with Crippen LogP contribution in [0.15, 0.2) is 18.2 Å². The Balaban J connectivity index is 2.74. The number of benzene rings is 1. The Labute approximate surface area is 85.7 Å². The van der Waals surface area contributed by atoms with E-state index in [1.807, 2.05) is 18.2 Å². The summed E-state index contributed by atoms with van der Waals surface area (Å²) in [6.07, 6.45) is 0. The molecule has 0 radical (unpaired) electrons. The van der Waals surface area contributed by atoms with Crippen molar-refractivity contribution in [3.05, 3.63) is 23.8 Å². The van der Waals surface area contributed by atoms with Crippen LogP contribution in [0, 0.1) is 0 Å². The number of nitrogen functional groups attached to an aromatic ring is 1. The highest BCUT2D eigenvalue weighted by Crippen LogP contribution is 2.37. The zero-order valence-corrected chi connectivity index (χ0v) is 8.60. The summed E-state index contributed by atoms with van der Waals surface area (Å²) in [5, 5.41) is 10.9. The van der Waals surface area contributed by atoms with Crippen molar-refractivity contribution in [1.29, 1.82) is 0 Å². The molecule has 0 aliphatic rings. The fraction of sp³-hybridized carbons (Fsp3) is 0.200. The van der Waals surface area contributed by atoms with E-state index in [0.717, 1.165) is 26.4 Å². The van der Waals surface area contributed by atoms with E-state index in [1.54, 1.807) is 7.11 Å². The molecular weight excluding hydrogens is 198 g/mol. The zero-order chi connectivity index (χ0) is 10.1. The van der Waals surface area contributed by atoms with Crippen molar-refractivity contribution < 1.29 is 9.84 Å². The maximum absolute atomic E-state index is 9.13. The average Bonchev–Trinajstić information content (AvgIpc) is 2.63. The van der Waals surface area contributed by atoms with Crippen molar-refractivity contribution in [2.75, 3.05) is 12.8 Å². The number of thiophene rings is 1. The van der Waals surface area contributed by atoms with Gasteiger partial charge in [-0.15, -0.1) is 0 Å². The van der Waals surface area contributed by atoms with E-state index >= 15 is 0 Å². The number of rotatable bonds is 2. The molecule has 0 amide bonds. The molecule has 0 saturated heterocycles. The quantitative estimate of drug-likeness (QED) is 0.744. The lowest BCUT2D eigenvalue weighted by Crippen LogP contribution is -1.88. The van der Waals surface area contributed by atoms with Crippen LogP contribution in [-0.2, 0) is 6.61 Å². The topological polar surface area (TPSA) is 55.5 Å². The smallest absolute Gasteiger partial charge is 0.174 e. The van der Waals surface area contributed by atoms with Crippen LogP contribution < -0.4 is 10.5 Å². The number of hydrogen-bond acceptors (Lipinski definition) is 4. The molecule has 2 rings (SSSR count). The maximum Gasteiger partial charge on any atom is 0.174 e. The highest BCUT2D eigenvalue weighted by atomic mass is 32.1. The number of aliphatic hydroxyl groups excluding tert-OH is 1. The van der Waals surface area contributed by atoms with Gasteiger partial charge in [0.15, 0.2) is 5.06 Å². The van der Waals surface area contributed by atoms with Gasteiger partial charge < -0.3 is 15.6 Å². The Hall–Kier alpha value is -1.26. The van der Waals surface area contributed by atoms with E-state index in [1.165, 1.54) is 11.3 Å². The molecule has 74 valence electrons. The third kappa shape index (κ3) is 1.32. The Kier molecular flexibility index (Phi) is 2.31. The normalized spacial score (nSPS) is 10.7. The van der Waals surface area contributed by atoms with Gasteiger partial charge in [-0.3, -0.25) is 0 Å². The van der Waals surface area contributed by atoms with Gasteiger partial charge >= 0.3 is 0 Å². The van der Waals surface area contributed by atoms with Gasteiger partial charge in [0, 0.05) is 11.1 Å². The SMILES string of the molecule is COc1cc2c(CO)ccc(N)c2s1. The molecule has 14 heavy (non-hydrogen) atoms. The Morgan fingerprint density at radius 3 is 2.93 bits per heavy atom. The van der Waals surface area contributed by atoms with Crippen molar-refractivity contribution in [2.45, 2.75) is 6.61 Å². The van der Waals surface area contributed by atoms with Crippen LogP contribution in [0.4, 0.5) is 5.69 Å². The summed E-state index contributed by atoms with van der Waals surface area (Å²) in [5.74, 6) is 0. The molecule has 2 aromatic rings. The molecule has 0 aliphatic carbocycles. The van der Waals surface area contributed by atoms with Gasteiger partial charge in [-0.2, -0.15) is 0 Å². The van der Waals surface area contributed by atoms with Gasteiger partial charge in [0.25, 0.3) is 0 Å². The Bertz CT molecular complexity index is 464. The summed E-state index contributed by atoms with van der Waals surface area (Å²) in [7, 11) is 1.62. The van der Waals surface area contributed by atoms with E-state index in [-0.39, 0.29) is 6.61 Å². The van der Waals surface area contributed by atoms with Crippen molar-refractivity contribution in [3.8, 4) is 5.06 Å². The van der Waals surface area contributed by atoms with Crippen molar-refractivity contribution in [3.63, 3.8) is 0 Å². The second-order valence-corrected chi connectivity index (χ2v) is 4.00. The monoisotopic (exact) mass is 209 g/mol.